The quantitative estimate of drug-likeness (QED) is 0.820. The molecule has 0 spiro atoms. The lowest BCUT2D eigenvalue weighted by atomic mass is 10.0. The molecule has 0 radical (unpaired) electrons. The van der Waals surface area contributed by atoms with Gasteiger partial charge in [-0.05, 0) is 41.0 Å². The van der Waals surface area contributed by atoms with Crippen LogP contribution < -0.4 is 5.32 Å². The van der Waals surface area contributed by atoms with Crippen molar-refractivity contribution >= 4 is 11.9 Å². The van der Waals surface area contributed by atoms with Gasteiger partial charge in [0.25, 0.3) is 5.91 Å². The maximum Gasteiger partial charge on any atom is 0.326 e. The largest absolute Gasteiger partial charge is 0.480 e. The van der Waals surface area contributed by atoms with Crippen LogP contribution in [0.3, 0.4) is 0 Å². The van der Waals surface area contributed by atoms with Crippen LogP contribution in [0.1, 0.15) is 30.6 Å². The summed E-state index contributed by atoms with van der Waals surface area (Å²) in [4.78, 5) is 23.4. The molecule has 1 aromatic heterocycles. The predicted molar refractivity (Wildman–Crippen MR) is 77.5 cm³/mol. The summed E-state index contributed by atoms with van der Waals surface area (Å²) in [6.07, 6.45) is 1.78. The second-order valence-electron chi connectivity index (χ2n) is 5.30. The molecule has 2 rings (SSSR count). The van der Waals surface area contributed by atoms with E-state index < -0.39 is 17.9 Å². The van der Waals surface area contributed by atoms with Gasteiger partial charge < -0.3 is 10.4 Å². The maximum absolute atomic E-state index is 12.2. The SMILES string of the molecule is CC(C)C[C@H](NC(=O)c1cccc(-n2cnnn2)c1)C(=O)O. The van der Waals surface area contributed by atoms with Crippen LogP contribution in [0.25, 0.3) is 5.69 Å². The first-order valence-electron chi connectivity index (χ1n) is 6.84. The van der Waals surface area contributed by atoms with Crippen LogP contribution in [0.4, 0.5) is 0 Å². The Morgan fingerprint density at radius 3 is 2.73 bits per heavy atom. The van der Waals surface area contributed by atoms with Gasteiger partial charge in [-0.15, -0.1) is 5.10 Å². The van der Waals surface area contributed by atoms with Gasteiger partial charge in [0.15, 0.2) is 0 Å². The Hall–Kier alpha value is -2.77. The van der Waals surface area contributed by atoms with Gasteiger partial charge in [-0.25, -0.2) is 9.48 Å². The average molecular weight is 303 g/mol. The van der Waals surface area contributed by atoms with Gasteiger partial charge >= 0.3 is 5.97 Å². The number of tetrazole rings is 1. The van der Waals surface area contributed by atoms with Gasteiger partial charge in [-0.2, -0.15) is 0 Å². The molecule has 0 aliphatic carbocycles. The van der Waals surface area contributed by atoms with Crippen molar-refractivity contribution in [1.29, 1.82) is 0 Å². The molecule has 1 aromatic carbocycles. The molecule has 2 N–H and O–H groups in total. The number of benzene rings is 1. The molecule has 0 aliphatic heterocycles. The van der Waals surface area contributed by atoms with Crippen molar-refractivity contribution in [1.82, 2.24) is 25.5 Å². The molecule has 0 aliphatic rings. The Kier molecular flexibility index (Phi) is 4.82. The molecule has 8 heteroatoms. The van der Waals surface area contributed by atoms with Gasteiger partial charge in [-0.3, -0.25) is 4.79 Å². The second-order valence-corrected chi connectivity index (χ2v) is 5.30. The third kappa shape index (κ3) is 3.87. The zero-order chi connectivity index (χ0) is 16.1. The van der Waals surface area contributed by atoms with E-state index in [1.165, 1.54) is 11.0 Å². The van der Waals surface area contributed by atoms with Gasteiger partial charge in [0.2, 0.25) is 0 Å². The summed E-state index contributed by atoms with van der Waals surface area (Å²) in [6, 6.07) is 5.72. The third-order valence-corrected chi connectivity index (χ3v) is 3.03. The summed E-state index contributed by atoms with van der Waals surface area (Å²) in [7, 11) is 0. The normalized spacial score (nSPS) is 12.1. The highest BCUT2D eigenvalue weighted by Crippen LogP contribution is 2.10. The predicted octanol–water partition coefficient (Wildman–Crippen LogP) is 0.891. The topological polar surface area (TPSA) is 110 Å². The van der Waals surface area contributed by atoms with E-state index in [0.29, 0.717) is 17.7 Å². The van der Waals surface area contributed by atoms with Crippen LogP contribution >= 0.6 is 0 Å². The minimum atomic E-state index is -1.04. The van der Waals surface area contributed by atoms with Crippen LogP contribution in [0, 0.1) is 5.92 Å². The number of rotatable bonds is 6. The molecule has 0 saturated carbocycles. The lowest BCUT2D eigenvalue weighted by molar-refractivity contribution is -0.139. The molecule has 2 aromatic rings. The van der Waals surface area contributed by atoms with Crippen molar-refractivity contribution in [2.75, 3.05) is 0 Å². The summed E-state index contributed by atoms with van der Waals surface area (Å²) in [5, 5.41) is 22.5. The fourth-order valence-electron chi connectivity index (χ4n) is 2.00. The Morgan fingerprint density at radius 1 is 1.36 bits per heavy atom. The summed E-state index contributed by atoms with van der Waals surface area (Å²) in [5.41, 5.74) is 0.969. The number of hydrogen-bond acceptors (Lipinski definition) is 5. The van der Waals surface area contributed by atoms with Gasteiger partial charge in [0.1, 0.15) is 12.4 Å². The number of carbonyl (C=O) groups excluding carboxylic acids is 1. The summed E-state index contributed by atoms with van der Waals surface area (Å²) >= 11 is 0. The first kappa shape index (κ1) is 15.6. The van der Waals surface area contributed by atoms with E-state index in [4.69, 9.17) is 0 Å². The van der Waals surface area contributed by atoms with E-state index in [-0.39, 0.29) is 5.92 Å². The van der Waals surface area contributed by atoms with Crippen molar-refractivity contribution in [2.24, 2.45) is 5.92 Å². The Labute approximate surface area is 127 Å². The number of amides is 1. The van der Waals surface area contributed by atoms with Crippen LogP contribution in [0.15, 0.2) is 30.6 Å². The molecule has 116 valence electrons. The molecule has 0 fully saturated rings. The second kappa shape index (κ2) is 6.79. The van der Waals surface area contributed by atoms with Gasteiger partial charge in [0.05, 0.1) is 5.69 Å². The summed E-state index contributed by atoms with van der Waals surface area (Å²) in [6.45, 7) is 3.81. The molecular weight excluding hydrogens is 286 g/mol. The number of carbonyl (C=O) groups is 2. The molecule has 1 amide bonds. The standard InChI is InChI=1S/C14H17N5O3/c1-9(2)6-12(14(21)22)16-13(20)10-4-3-5-11(7-10)19-8-15-17-18-19/h3-5,7-9,12H,6H2,1-2H3,(H,16,20)(H,21,22)/t12-/m0/s1. The monoisotopic (exact) mass is 303 g/mol. The van der Waals surface area contributed by atoms with Crippen molar-refractivity contribution in [3.63, 3.8) is 0 Å². The molecule has 1 atom stereocenters. The first-order chi connectivity index (χ1) is 10.5. The first-order valence-corrected chi connectivity index (χ1v) is 6.84. The Bertz CT molecular complexity index is 654. The highest BCUT2D eigenvalue weighted by atomic mass is 16.4. The average Bonchev–Trinajstić information content (AvgIpc) is 3.00. The highest BCUT2D eigenvalue weighted by Gasteiger charge is 2.21. The van der Waals surface area contributed by atoms with E-state index in [9.17, 15) is 14.7 Å². The van der Waals surface area contributed by atoms with Crippen molar-refractivity contribution in [3.05, 3.63) is 36.2 Å². The van der Waals surface area contributed by atoms with Crippen LogP contribution in [-0.4, -0.2) is 43.2 Å². The van der Waals surface area contributed by atoms with E-state index in [2.05, 4.69) is 20.8 Å². The number of carboxylic acids is 1. The number of nitrogens with zero attached hydrogens (tertiary/aromatic N) is 4. The van der Waals surface area contributed by atoms with Gasteiger partial charge in [-0.1, -0.05) is 19.9 Å². The molecule has 1 heterocycles. The maximum atomic E-state index is 12.2. The lowest BCUT2D eigenvalue weighted by Crippen LogP contribution is -2.41. The van der Waals surface area contributed by atoms with Crippen molar-refractivity contribution in [2.45, 2.75) is 26.3 Å². The van der Waals surface area contributed by atoms with E-state index in [0.717, 1.165) is 0 Å². The Balaban J connectivity index is 2.15. The van der Waals surface area contributed by atoms with Crippen LogP contribution in [0.5, 0.6) is 0 Å². The smallest absolute Gasteiger partial charge is 0.326 e. The lowest BCUT2D eigenvalue weighted by Gasteiger charge is -2.16. The molecule has 0 saturated heterocycles. The highest BCUT2D eigenvalue weighted by molar-refractivity contribution is 5.97. The molecule has 0 unspecified atom stereocenters. The summed E-state index contributed by atoms with van der Waals surface area (Å²) < 4.78 is 1.42. The molecular formula is C14H17N5O3. The number of nitrogens with one attached hydrogen (secondary N) is 1. The summed E-state index contributed by atoms with van der Waals surface area (Å²) in [5.74, 6) is -1.32. The zero-order valence-electron chi connectivity index (χ0n) is 12.3. The fraction of sp³-hybridized carbons (Fsp3) is 0.357. The number of aliphatic carboxylic acids is 1. The number of carboxylic acid groups (broad SMARTS) is 1. The minimum Gasteiger partial charge on any atom is -0.480 e. The van der Waals surface area contributed by atoms with Crippen LogP contribution in [-0.2, 0) is 4.79 Å². The van der Waals surface area contributed by atoms with Gasteiger partial charge in [0, 0.05) is 5.56 Å². The van der Waals surface area contributed by atoms with E-state index in [1.807, 2.05) is 13.8 Å². The van der Waals surface area contributed by atoms with Crippen molar-refractivity contribution in [3.8, 4) is 5.69 Å². The fourth-order valence-corrected chi connectivity index (χ4v) is 2.00. The van der Waals surface area contributed by atoms with E-state index in [1.54, 1.807) is 24.3 Å². The molecule has 22 heavy (non-hydrogen) atoms. The molecule has 8 nitrogen and oxygen atoms in total. The molecule has 0 bridgehead atoms. The number of aromatic nitrogens is 4. The van der Waals surface area contributed by atoms with Crippen LogP contribution in [0.2, 0.25) is 0 Å². The minimum absolute atomic E-state index is 0.161. The zero-order valence-corrected chi connectivity index (χ0v) is 12.3. The Morgan fingerprint density at radius 2 is 2.14 bits per heavy atom. The van der Waals surface area contributed by atoms with E-state index >= 15 is 0 Å². The third-order valence-electron chi connectivity index (χ3n) is 3.03. The number of hydrogen-bond donors (Lipinski definition) is 2. The van der Waals surface area contributed by atoms with Crippen molar-refractivity contribution < 1.29 is 14.7 Å².